The van der Waals surface area contributed by atoms with Gasteiger partial charge in [-0.25, -0.2) is 0 Å². The molecule has 0 heterocycles. The van der Waals surface area contributed by atoms with Gasteiger partial charge in [-0.3, -0.25) is 0 Å². The lowest BCUT2D eigenvalue weighted by atomic mass is 10.1. The van der Waals surface area contributed by atoms with Crippen LogP contribution >= 0.6 is 12.2 Å². The largest absolute Gasteiger partial charge is 0.488 e. The second-order valence-corrected chi connectivity index (χ2v) is 5.00. The van der Waals surface area contributed by atoms with Crippen molar-refractivity contribution in [2.45, 2.75) is 39.7 Å². The van der Waals surface area contributed by atoms with E-state index >= 15 is 0 Å². The second-order valence-electron chi connectivity index (χ2n) is 4.56. The molecule has 16 heavy (non-hydrogen) atoms. The van der Waals surface area contributed by atoms with Crippen molar-refractivity contribution in [1.29, 1.82) is 0 Å². The Hall–Kier alpha value is -1.09. The number of hydrogen-bond acceptors (Lipinski definition) is 2. The van der Waals surface area contributed by atoms with Crippen LogP contribution in [0.1, 0.15) is 38.3 Å². The van der Waals surface area contributed by atoms with Gasteiger partial charge in [-0.05, 0) is 51.0 Å². The van der Waals surface area contributed by atoms with E-state index in [1.54, 1.807) is 0 Å². The van der Waals surface area contributed by atoms with Gasteiger partial charge < -0.3 is 10.5 Å². The van der Waals surface area contributed by atoms with Crippen LogP contribution in [0.25, 0.3) is 0 Å². The highest BCUT2D eigenvalue weighted by molar-refractivity contribution is 7.80. The molecule has 2 N–H and O–H groups in total. The van der Waals surface area contributed by atoms with E-state index in [0.29, 0.717) is 4.99 Å². The number of ether oxygens (including phenoxy) is 1. The minimum absolute atomic E-state index is 0.142. The molecule has 0 atom stereocenters. The van der Waals surface area contributed by atoms with Gasteiger partial charge in [-0.15, -0.1) is 0 Å². The molecular weight excluding hydrogens is 218 g/mol. The van der Waals surface area contributed by atoms with Gasteiger partial charge in [-0.2, -0.15) is 0 Å². The zero-order valence-corrected chi connectivity index (χ0v) is 11.1. The fraction of sp³-hybridized carbons (Fsp3) is 0.462. The van der Waals surface area contributed by atoms with Gasteiger partial charge in [0.25, 0.3) is 0 Å². The molecule has 1 rings (SSSR count). The first-order valence-electron chi connectivity index (χ1n) is 5.45. The van der Waals surface area contributed by atoms with Crippen molar-refractivity contribution in [2.75, 3.05) is 0 Å². The van der Waals surface area contributed by atoms with Crippen molar-refractivity contribution in [3.05, 3.63) is 29.3 Å². The van der Waals surface area contributed by atoms with E-state index in [9.17, 15) is 0 Å². The Kier molecular flexibility index (Phi) is 3.92. The van der Waals surface area contributed by atoms with Gasteiger partial charge in [0.05, 0.1) is 0 Å². The highest BCUT2D eigenvalue weighted by Crippen LogP contribution is 2.23. The van der Waals surface area contributed by atoms with Crippen molar-refractivity contribution in [3.63, 3.8) is 0 Å². The van der Waals surface area contributed by atoms with Crippen molar-refractivity contribution in [3.8, 4) is 5.75 Å². The average Bonchev–Trinajstić information content (AvgIpc) is 2.16. The Balaban J connectivity index is 2.94. The van der Waals surface area contributed by atoms with Gasteiger partial charge in [0.2, 0.25) is 0 Å². The predicted octanol–water partition coefficient (Wildman–Crippen LogP) is 3.20. The maximum absolute atomic E-state index is 5.88. The quantitative estimate of drug-likeness (QED) is 0.817. The van der Waals surface area contributed by atoms with Crippen LogP contribution in [-0.4, -0.2) is 10.6 Å². The van der Waals surface area contributed by atoms with Crippen molar-refractivity contribution in [1.82, 2.24) is 0 Å². The third-order valence-corrected chi connectivity index (χ3v) is 2.93. The van der Waals surface area contributed by atoms with E-state index in [4.69, 9.17) is 22.7 Å². The third-order valence-electron chi connectivity index (χ3n) is 2.71. The first kappa shape index (κ1) is 13.0. The van der Waals surface area contributed by atoms with E-state index in [2.05, 4.69) is 20.8 Å². The van der Waals surface area contributed by atoms with E-state index in [1.807, 2.05) is 25.1 Å². The van der Waals surface area contributed by atoms with E-state index in [0.717, 1.165) is 23.3 Å². The van der Waals surface area contributed by atoms with Gasteiger partial charge in [0, 0.05) is 5.56 Å². The predicted molar refractivity (Wildman–Crippen MR) is 72.1 cm³/mol. The fourth-order valence-electron chi connectivity index (χ4n) is 1.37. The molecule has 0 fully saturated rings. The summed E-state index contributed by atoms with van der Waals surface area (Å²) < 4.78 is 5.88. The molecule has 2 nitrogen and oxygen atoms in total. The van der Waals surface area contributed by atoms with E-state index < -0.39 is 0 Å². The van der Waals surface area contributed by atoms with Gasteiger partial charge in [0.15, 0.2) is 0 Å². The molecule has 0 aliphatic rings. The summed E-state index contributed by atoms with van der Waals surface area (Å²) in [5.74, 6) is 0.865. The monoisotopic (exact) mass is 237 g/mol. The summed E-state index contributed by atoms with van der Waals surface area (Å²) in [6, 6.07) is 5.81. The fourth-order valence-corrected chi connectivity index (χ4v) is 1.60. The molecular formula is C13H19NOS. The standard InChI is InChI=1S/C13H19NOS/c1-5-13(3,4)15-10-6-7-11(12(14)16)9(2)8-10/h6-8H,5H2,1-4H3,(H2,14,16). The smallest absolute Gasteiger partial charge is 0.120 e. The Bertz CT molecular complexity index is 399. The van der Waals surface area contributed by atoms with Crippen LogP contribution in [0.15, 0.2) is 18.2 Å². The van der Waals surface area contributed by atoms with Gasteiger partial charge >= 0.3 is 0 Å². The maximum atomic E-state index is 5.88. The number of aryl methyl sites for hydroxylation is 1. The molecule has 0 aliphatic carbocycles. The molecule has 0 saturated heterocycles. The van der Waals surface area contributed by atoms with Crippen molar-refractivity contribution in [2.24, 2.45) is 5.73 Å². The summed E-state index contributed by atoms with van der Waals surface area (Å²) in [6.07, 6.45) is 0.961. The summed E-state index contributed by atoms with van der Waals surface area (Å²) in [5.41, 5.74) is 7.43. The minimum Gasteiger partial charge on any atom is -0.488 e. The molecule has 1 aromatic rings. The lowest BCUT2D eigenvalue weighted by molar-refractivity contribution is 0.105. The van der Waals surface area contributed by atoms with Crippen molar-refractivity contribution < 1.29 is 4.74 Å². The molecule has 0 saturated carbocycles. The van der Waals surface area contributed by atoms with Crippen LogP contribution in [0.5, 0.6) is 5.75 Å². The Morgan fingerprint density at radius 3 is 2.50 bits per heavy atom. The van der Waals surface area contributed by atoms with Crippen LogP contribution in [0.2, 0.25) is 0 Å². The number of rotatable bonds is 4. The zero-order chi connectivity index (χ0) is 12.3. The lowest BCUT2D eigenvalue weighted by Crippen LogP contribution is -2.26. The molecule has 3 heteroatoms. The second kappa shape index (κ2) is 4.83. The van der Waals surface area contributed by atoms with E-state index in [1.165, 1.54) is 0 Å². The summed E-state index contributed by atoms with van der Waals surface area (Å²) in [6.45, 7) is 8.24. The SMILES string of the molecule is CCC(C)(C)Oc1ccc(C(N)=S)c(C)c1. The molecule has 0 bridgehead atoms. The van der Waals surface area contributed by atoms with Crippen LogP contribution < -0.4 is 10.5 Å². The van der Waals surface area contributed by atoms with Crippen molar-refractivity contribution >= 4 is 17.2 Å². The normalized spacial score (nSPS) is 11.2. The summed E-state index contributed by atoms with van der Waals surface area (Å²) in [4.78, 5) is 0.429. The molecule has 0 unspecified atom stereocenters. The van der Waals surface area contributed by atoms with Crippen LogP contribution in [0.3, 0.4) is 0 Å². The first-order valence-corrected chi connectivity index (χ1v) is 5.86. The third kappa shape index (κ3) is 3.20. The minimum atomic E-state index is -0.142. The first-order chi connectivity index (χ1) is 7.35. The molecule has 0 aliphatic heterocycles. The summed E-state index contributed by atoms with van der Waals surface area (Å²) >= 11 is 4.96. The molecule has 0 spiro atoms. The maximum Gasteiger partial charge on any atom is 0.120 e. The summed E-state index contributed by atoms with van der Waals surface area (Å²) in [5, 5.41) is 0. The van der Waals surface area contributed by atoms with Crippen LogP contribution in [-0.2, 0) is 0 Å². The Morgan fingerprint density at radius 1 is 1.44 bits per heavy atom. The number of benzene rings is 1. The lowest BCUT2D eigenvalue weighted by Gasteiger charge is -2.25. The number of nitrogens with two attached hydrogens (primary N) is 1. The van der Waals surface area contributed by atoms with Gasteiger partial charge in [0.1, 0.15) is 16.3 Å². The average molecular weight is 237 g/mol. The van der Waals surface area contributed by atoms with E-state index in [-0.39, 0.29) is 5.60 Å². The topological polar surface area (TPSA) is 35.2 Å². The summed E-state index contributed by atoms with van der Waals surface area (Å²) in [7, 11) is 0. The van der Waals surface area contributed by atoms with Crippen LogP contribution in [0, 0.1) is 6.92 Å². The molecule has 88 valence electrons. The Labute approximate surface area is 103 Å². The zero-order valence-electron chi connectivity index (χ0n) is 10.3. The Morgan fingerprint density at radius 2 is 2.06 bits per heavy atom. The number of thiocarbonyl (C=S) groups is 1. The molecule has 1 aromatic carbocycles. The molecule has 0 amide bonds. The highest BCUT2D eigenvalue weighted by Gasteiger charge is 2.17. The van der Waals surface area contributed by atoms with Crippen LogP contribution in [0.4, 0.5) is 0 Å². The molecule has 0 radical (unpaired) electrons. The highest BCUT2D eigenvalue weighted by atomic mass is 32.1. The molecule has 0 aromatic heterocycles. The number of hydrogen-bond donors (Lipinski definition) is 1. The van der Waals surface area contributed by atoms with Gasteiger partial charge in [-0.1, -0.05) is 19.1 Å².